The highest BCUT2D eigenvalue weighted by molar-refractivity contribution is 9.10. The molecule has 0 saturated heterocycles. The summed E-state index contributed by atoms with van der Waals surface area (Å²) in [7, 11) is 0. The minimum atomic E-state index is 0.408. The molecule has 110 valence electrons. The molecule has 0 aliphatic rings. The van der Waals surface area contributed by atoms with E-state index in [0.717, 1.165) is 28.7 Å². The lowest BCUT2D eigenvalue weighted by atomic mass is 9.98. The van der Waals surface area contributed by atoms with E-state index < -0.39 is 0 Å². The molecule has 0 amide bonds. The number of hydrogen-bond donors (Lipinski definition) is 2. The Bertz CT molecular complexity index is 613. The SMILES string of the molecule is CC(CCNc1ccc(C(N)=S)c(Br)c1)c1ccccc1. The summed E-state index contributed by atoms with van der Waals surface area (Å²) < 4.78 is 0.927. The summed E-state index contributed by atoms with van der Waals surface area (Å²) in [5.74, 6) is 0.540. The molecule has 0 radical (unpaired) electrons. The number of thiocarbonyl (C=S) groups is 1. The average Bonchev–Trinajstić information content (AvgIpc) is 2.47. The highest BCUT2D eigenvalue weighted by Crippen LogP contribution is 2.23. The van der Waals surface area contributed by atoms with Crippen molar-refractivity contribution in [3.63, 3.8) is 0 Å². The molecule has 0 spiro atoms. The van der Waals surface area contributed by atoms with Gasteiger partial charge >= 0.3 is 0 Å². The van der Waals surface area contributed by atoms with E-state index in [2.05, 4.69) is 58.5 Å². The van der Waals surface area contributed by atoms with Crippen LogP contribution in [-0.2, 0) is 0 Å². The molecule has 0 heterocycles. The third-order valence-electron chi connectivity index (χ3n) is 3.51. The molecule has 0 bridgehead atoms. The van der Waals surface area contributed by atoms with Crippen LogP contribution < -0.4 is 11.1 Å². The van der Waals surface area contributed by atoms with Crippen LogP contribution in [-0.4, -0.2) is 11.5 Å². The van der Waals surface area contributed by atoms with Crippen molar-refractivity contribution < 1.29 is 0 Å². The Morgan fingerprint density at radius 2 is 1.95 bits per heavy atom. The third kappa shape index (κ3) is 4.55. The number of anilines is 1. The molecule has 21 heavy (non-hydrogen) atoms. The fourth-order valence-electron chi connectivity index (χ4n) is 2.21. The second-order valence-corrected chi connectivity index (χ2v) is 6.38. The van der Waals surface area contributed by atoms with E-state index in [0.29, 0.717) is 10.9 Å². The topological polar surface area (TPSA) is 38.0 Å². The van der Waals surface area contributed by atoms with Gasteiger partial charge in [-0.1, -0.05) is 49.5 Å². The summed E-state index contributed by atoms with van der Waals surface area (Å²) in [5, 5.41) is 3.44. The summed E-state index contributed by atoms with van der Waals surface area (Å²) in [4.78, 5) is 0.408. The van der Waals surface area contributed by atoms with Gasteiger partial charge in [0, 0.05) is 22.3 Å². The van der Waals surface area contributed by atoms with Crippen molar-refractivity contribution in [3.8, 4) is 0 Å². The number of nitrogens with two attached hydrogens (primary N) is 1. The Morgan fingerprint density at radius 3 is 2.57 bits per heavy atom. The molecule has 0 saturated carbocycles. The van der Waals surface area contributed by atoms with Crippen LogP contribution in [0.3, 0.4) is 0 Å². The minimum Gasteiger partial charge on any atom is -0.389 e. The summed E-state index contributed by atoms with van der Waals surface area (Å²) in [6.07, 6.45) is 1.08. The van der Waals surface area contributed by atoms with E-state index in [4.69, 9.17) is 18.0 Å². The molecule has 2 rings (SSSR count). The first-order valence-electron chi connectivity index (χ1n) is 6.96. The minimum absolute atomic E-state index is 0.408. The van der Waals surface area contributed by atoms with E-state index >= 15 is 0 Å². The molecule has 2 aromatic rings. The molecule has 0 aromatic heterocycles. The predicted molar refractivity (Wildman–Crippen MR) is 98.0 cm³/mol. The van der Waals surface area contributed by atoms with Crippen LogP contribution in [0, 0.1) is 0 Å². The molecule has 1 atom stereocenters. The number of hydrogen-bond acceptors (Lipinski definition) is 2. The standard InChI is InChI=1S/C17H19BrN2S/c1-12(13-5-3-2-4-6-13)9-10-20-14-7-8-15(17(19)21)16(18)11-14/h2-8,11-12,20H,9-10H2,1H3,(H2,19,21). The van der Waals surface area contributed by atoms with Crippen molar-refractivity contribution in [1.82, 2.24) is 0 Å². The molecular formula is C17H19BrN2S. The number of rotatable bonds is 6. The first kappa shape index (κ1) is 16.0. The summed E-state index contributed by atoms with van der Waals surface area (Å²) >= 11 is 8.49. The van der Waals surface area contributed by atoms with Gasteiger partial charge in [-0.15, -0.1) is 0 Å². The van der Waals surface area contributed by atoms with E-state index in [1.165, 1.54) is 5.56 Å². The maximum Gasteiger partial charge on any atom is 0.105 e. The molecule has 3 N–H and O–H groups in total. The number of benzene rings is 2. The van der Waals surface area contributed by atoms with Gasteiger partial charge in [0.05, 0.1) is 0 Å². The van der Waals surface area contributed by atoms with E-state index in [-0.39, 0.29) is 0 Å². The van der Waals surface area contributed by atoms with Crippen molar-refractivity contribution in [1.29, 1.82) is 0 Å². The lowest BCUT2D eigenvalue weighted by molar-refractivity contribution is 0.706. The van der Waals surface area contributed by atoms with Gasteiger partial charge in [0.15, 0.2) is 0 Å². The molecule has 1 unspecified atom stereocenters. The molecule has 0 fully saturated rings. The Kier molecular flexibility index (Phi) is 5.76. The van der Waals surface area contributed by atoms with E-state index in [9.17, 15) is 0 Å². The Morgan fingerprint density at radius 1 is 1.24 bits per heavy atom. The van der Waals surface area contributed by atoms with Gasteiger partial charge in [-0.2, -0.15) is 0 Å². The van der Waals surface area contributed by atoms with Gasteiger partial charge in [-0.25, -0.2) is 0 Å². The average molecular weight is 363 g/mol. The predicted octanol–water partition coefficient (Wildman–Crippen LogP) is 4.69. The van der Waals surface area contributed by atoms with Crippen LogP contribution in [0.4, 0.5) is 5.69 Å². The zero-order valence-corrected chi connectivity index (χ0v) is 14.4. The normalized spacial score (nSPS) is 11.9. The van der Waals surface area contributed by atoms with Gasteiger partial charge in [0.2, 0.25) is 0 Å². The van der Waals surface area contributed by atoms with Crippen LogP contribution in [0.2, 0.25) is 0 Å². The van der Waals surface area contributed by atoms with Gasteiger partial charge in [-0.3, -0.25) is 0 Å². The monoisotopic (exact) mass is 362 g/mol. The van der Waals surface area contributed by atoms with Crippen molar-refractivity contribution >= 4 is 38.8 Å². The smallest absolute Gasteiger partial charge is 0.105 e. The highest BCUT2D eigenvalue weighted by atomic mass is 79.9. The third-order valence-corrected chi connectivity index (χ3v) is 4.39. The highest BCUT2D eigenvalue weighted by Gasteiger charge is 2.06. The first-order chi connectivity index (χ1) is 10.1. The quantitative estimate of drug-likeness (QED) is 0.732. The van der Waals surface area contributed by atoms with E-state index in [1.807, 2.05) is 18.2 Å². The van der Waals surface area contributed by atoms with Gasteiger partial charge in [0.1, 0.15) is 4.99 Å². The first-order valence-corrected chi connectivity index (χ1v) is 8.16. The van der Waals surface area contributed by atoms with E-state index in [1.54, 1.807) is 0 Å². The van der Waals surface area contributed by atoms with Crippen molar-refractivity contribution in [2.45, 2.75) is 19.3 Å². The number of halogens is 1. The van der Waals surface area contributed by atoms with Gasteiger partial charge in [-0.05, 0) is 52.0 Å². The maximum absolute atomic E-state index is 5.65. The van der Waals surface area contributed by atoms with Crippen LogP contribution in [0.15, 0.2) is 53.0 Å². The Labute approximate surface area is 139 Å². The second kappa shape index (κ2) is 7.57. The van der Waals surface area contributed by atoms with Crippen molar-refractivity contribution in [3.05, 3.63) is 64.1 Å². The zero-order chi connectivity index (χ0) is 15.2. The maximum atomic E-state index is 5.65. The fourth-order valence-corrected chi connectivity index (χ4v) is 3.11. The van der Waals surface area contributed by atoms with Crippen molar-refractivity contribution in [2.75, 3.05) is 11.9 Å². The molecule has 0 aliphatic carbocycles. The van der Waals surface area contributed by atoms with Crippen LogP contribution in [0.5, 0.6) is 0 Å². The lowest BCUT2D eigenvalue weighted by Crippen LogP contribution is -2.11. The van der Waals surface area contributed by atoms with Crippen molar-refractivity contribution in [2.24, 2.45) is 5.73 Å². The summed E-state index contributed by atoms with van der Waals surface area (Å²) in [6, 6.07) is 16.5. The lowest BCUT2D eigenvalue weighted by Gasteiger charge is -2.14. The summed E-state index contributed by atoms with van der Waals surface area (Å²) in [5.41, 5.74) is 8.97. The molecule has 4 heteroatoms. The van der Waals surface area contributed by atoms with Crippen LogP contribution in [0.25, 0.3) is 0 Å². The summed E-state index contributed by atoms with van der Waals surface area (Å²) in [6.45, 7) is 3.18. The molecule has 2 nitrogen and oxygen atoms in total. The van der Waals surface area contributed by atoms with Gasteiger partial charge < -0.3 is 11.1 Å². The molecular weight excluding hydrogens is 344 g/mol. The number of nitrogens with one attached hydrogen (secondary N) is 1. The van der Waals surface area contributed by atoms with Gasteiger partial charge in [0.25, 0.3) is 0 Å². The zero-order valence-electron chi connectivity index (χ0n) is 12.0. The largest absolute Gasteiger partial charge is 0.389 e. The van der Waals surface area contributed by atoms with Crippen LogP contribution in [0.1, 0.15) is 30.4 Å². The Hall–Kier alpha value is -1.39. The second-order valence-electron chi connectivity index (χ2n) is 5.09. The van der Waals surface area contributed by atoms with Crippen LogP contribution >= 0.6 is 28.1 Å². The fraction of sp³-hybridized carbons (Fsp3) is 0.235. The molecule has 2 aromatic carbocycles. The molecule has 0 aliphatic heterocycles. The Balaban J connectivity index is 1.89.